The number of piperidine rings is 1. The van der Waals surface area contributed by atoms with Gasteiger partial charge in [0.25, 0.3) is 0 Å². The molecule has 2 aliphatic heterocycles. The highest BCUT2D eigenvalue weighted by Gasteiger charge is 2.72. The molecule has 6 rings (SSSR count). The number of aryl methyl sites for hydroxylation is 1. The summed E-state index contributed by atoms with van der Waals surface area (Å²) < 4.78 is 13.3. The van der Waals surface area contributed by atoms with Crippen LogP contribution in [-0.4, -0.2) is 59.7 Å². The number of ether oxygens (including phenoxy) is 2. The zero-order valence-electron chi connectivity index (χ0n) is 19.7. The van der Waals surface area contributed by atoms with Gasteiger partial charge in [0.05, 0.1) is 17.2 Å². The Labute approximate surface area is 189 Å². The van der Waals surface area contributed by atoms with E-state index < -0.39 is 5.72 Å². The molecule has 6 heteroatoms. The largest absolute Gasteiger partial charge is 0.483 e. The van der Waals surface area contributed by atoms with Crippen LogP contribution in [0.1, 0.15) is 54.3 Å². The molecular weight excluding hydrogens is 402 g/mol. The van der Waals surface area contributed by atoms with E-state index in [-0.39, 0.29) is 29.4 Å². The van der Waals surface area contributed by atoms with Crippen LogP contribution in [0.25, 0.3) is 0 Å². The second kappa shape index (κ2) is 6.61. The number of nitrogens with zero attached hydrogens (tertiary/aromatic N) is 2. The Morgan fingerprint density at radius 2 is 2.12 bits per heavy atom. The number of amides is 1. The topological polar surface area (TPSA) is 57.8 Å². The number of carbonyl (C=O) groups excluding carboxylic acids is 1. The fourth-order valence-electron chi connectivity index (χ4n) is 7.61. The molecule has 1 saturated heterocycles. The molecule has 0 radical (unpaired) electrons. The average molecular weight is 436 g/mol. The van der Waals surface area contributed by atoms with Crippen molar-refractivity contribution in [3.05, 3.63) is 52.3 Å². The predicted octanol–water partition coefficient (Wildman–Crippen LogP) is 3.34. The van der Waals surface area contributed by atoms with Crippen molar-refractivity contribution in [3.63, 3.8) is 0 Å². The van der Waals surface area contributed by atoms with Crippen molar-refractivity contribution in [2.75, 3.05) is 27.2 Å². The van der Waals surface area contributed by atoms with Crippen molar-refractivity contribution < 1.29 is 14.3 Å². The molecule has 6 nitrogen and oxygen atoms in total. The molecule has 2 aromatic rings. The van der Waals surface area contributed by atoms with E-state index in [1.54, 1.807) is 0 Å². The Balaban J connectivity index is 1.62. The van der Waals surface area contributed by atoms with Gasteiger partial charge in [0.2, 0.25) is 5.91 Å². The molecule has 0 saturated carbocycles. The number of likely N-dealkylation sites (tertiary alicyclic amines) is 1. The van der Waals surface area contributed by atoms with E-state index in [0.717, 1.165) is 38.1 Å². The van der Waals surface area contributed by atoms with Gasteiger partial charge in [0.1, 0.15) is 17.6 Å². The first-order valence-corrected chi connectivity index (χ1v) is 12.0. The highest BCUT2D eigenvalue weighted by atomic mass is 16.5. The van der Waals surface area contributed by atoms with E-state index in [2.05, 4.69) is 62.1 Å². The highest BCUT2D eigenvalue weighted by molar-refractivity contribution is 5.83. The summed E-state index contributed by atoms with van der Waals surface area (Å²) in [5.41, 5.74) is 5.63. The third kappa shape index (κ3) is 2.15. The molecule has 1 spiro atoms. The Morgan fingerprint density at radius 3 is 2.84 bits per heavy atom. The van der Waals surface area contributed by atoms with Crippen LogP contribution in [0, 0.1) is 12.8 Å². The Morgan fingerprint density at radius 1 is 1.34 bits per heavy atom. The van der Waals surface area contributed by atoms with Crippen molar-refractivity contribution in [2.45, 2.75) is 63.3 Å². The third-order valence-corrected chi connectivity index (χ3v) is 9.13. The van der Waals surface area contributed by atoms with Crippen molar-refractivity contribution in [1.29, 1.82) is 0 Å². The molecule has 32 heavy (non-hydrogen) atoms. The molecule has 3 heterocycles. The smallest absolute Gasteiger partial charge is 0.240 e. The molecule has 1 aromatic carbocycles. The molecular formula is C26H33N3O3. The van der Waals surface area contributed by atoms with Crippen LogP contribution in [0.15, 0.2) is 24.4 Å². The first-order valence-electron chi connectivity index (χ1n) is 12.0. The van der Waals surface area contributed by atoms with Crippen molar-refractivity contribution in [3.8, 4) is 5.75 Å². The molecule has 1 amide bonds. The molecule has 1 fully saturated rings. The molecule has 4 aliphatic rings. The fourth-order valence-corrected chi connectivity index (χ4v) is 7.61. The first kappa shape index (κ1) is 20.3. The van der Waals surface area contributed by atoms with E-state index >= 15 is 0 Å². The number of hydrogen-bond donors (Lipinski definition) is 1. The van der Waals surface area contributed by atoms with Crippen LogP contribution in [0.2, 0.25) is 0 Å². The fraction of sp³-hybridized carbons (Fsp3) is 0.577. The van der Waals surface area contributed by atoms with Crippen LogP contribution < -0.4 is 4.74 Å². The number of H-pyrrole nitrogens is 1. The van der Waals surface area contributed by atoms with Gasteiger partial charge in [-0.1, -0.05) is 12.1 Å². The van der Waals surface area contributed by atoms with E-state index in [0.29, 0.717) is 0 Å². The number of carbonyl (C=O) groups is 1. The van der Waals surface area contributed by atoms with Crippen LogP contribution in [0.3, 0.4) is 0 Å². The zero-order valence-corrected chi connectivity index (χ0v) is 19.7. The van der Waals surface area contributed by atoms with Gasteiger partial charge in [-0.15, -0.1) is 0 Å². The predicted molar refractivity (Wildman–Crippen MR) is 122 cm³/mol. The van der Waals surface area contributed by atoms with Gasteiger partial charge < -0.3 is 19.4 Å². The minimum Gasteiger partial charge on any atom is -0.483 e. The van der Waals surface area contributed by atoms with Crippen molar-refractivity contribution in [1.82, 2.24) is 14.8 Å². The number of likely N-dealkylation sites (N-methyl/N-ethyl adjacent to an activating group) is 2. The van der Waals surface area contributed by atoms with E-state index in [1.807, 2.05) is 12.0 Å². The summed E-state index contributed by atoms with van der Waals surface area (Å²) in [7, 11) is 3.93. The van der Waals surface area contributed by atoms with Crippen LogP contribution in [0.5, 0.6) is 5.75 Å². The summed E-state index contributed by atoms with van der Waals surface area (Å²) in [6, 6.07) is 6.19. The van der Waals surface area contributed by atoms with Gasteiger partial charge in [0, 0.05) is 44.3 Å². The third-order valence-electron chi connectivity index (χ3n) is 9.13. The Hall–Kier alpha value is -2.31. The van der Waals surface area contributed by atoms with Gasteiger partial charge in [-0.25, -0.2) is 0 Å². The standard InChI is InChI=1S/C26H33N3O3/c1-6-29(7-2)24(30)18-13-25-20-11-17-15(3)14-27-22(17)23(25)32-19-10-8-9-16(21(19)25)12-26(20,31-5)28(18)4/h8-10,14,18,20,23,27H,6-7,11-13H2,1-5H3. The van der Waals surface area contributed by atoms with Crippen molar-refractivity contribution >= 4 is 5.91 Å². The lowest BCUT2D eigenvalue weighted by molar-refractivity contribution is -0.241. The molecule has 2 aliphatic carbocycles. The number of hydrogen-bond acceptors (Lipinski definition) is 4. The number of nitrogens with one attached hydrogen (secondary N) is 1. The second-order valence-corrected chi connectivity index (χ2v) is 10.0. The maximum absolute atomic E-state index is 13.8. The molecule has 170 valence electrons. The van der Waals surface area contributed by atoms with Gasteiger partial charge >= 0.3 is 0 Å². The SMILES string of the molecule is CCN(CC)C(=O)C1CC23c4c5cccc4OC2c2[nH]cc(C)c2CC3C(OC)(C5)N1C. The maximum atomic E-state index is 13.8. The lowest BCUT2D eigenvalue weighted by Gasteiger charge is -2.64. The number of aromatic nitrogens is 1. The van der Waals surface area contributed by atoms with Gasteiger partial charge in [-0.05, 0) is 63.4 Å². The summed E-state index contributed by atoms with van der Waals surface area (Å²) in [6.07, 6.45) is 4.45. The van der Waals surface area contributed by atoms with Gasteiger partial charge in [-0.2, -0.15) is 0 Å². The van der Waals surface area contributed by atoms with Crippen molar-refractivity contribution in [2.24, 2.45) is 5.92 Å². The number of rotatable bonds is 4. The minimum absolute atomic E-state index is 0.114. The quantitative estimate of drug-likeness (QED) is 0.800. The summed E-state index contributed by atoms with van der Waals surface area (Å²) in [6.45, 7) is 7.74. The highest BCUT2D eigenvalue weighted by Crippen LogP contribution is 2.69. The average Bonchev–Trinajstić information content (AvgIpc) is 3.33. The van der Waals surface area contributed by atoms with E-state index in [9.17, 15) is 4.79 Å². The van der Waals surface area contributed by atoms with Crippen LogP contribution in [-0.2, 0) is 27.8 Å². The first-order chi connectivity index (χ1) is 15.4. The molecule has 1 N–H and O–H groups in total. The number of fused-ring (bicyclic) bond motifs is 2. The van der Waals surface area contributed by atoms with Gasteiger partial charge in [-0.3, -0.25) is 9.69 Å². The molecule has 5 unspecified atom stereocenters. The monoisotopic (exact) mass is 435 g/mol. The lowest BCUT2D eigenvalue weighted by atomic mass is 9.49. The van der Waals surface area contributed by atoms with Gasteiger partial charge in [0.15, 0.2) is 0 Å². The summed E-state index contributed by atoms with van der Waals surface area (Å²) in [5.74, 6) is 1.40. The summed E-state index contributed by atoms with van der Waals surface area (Å²) >= 11 is 0. The Kier molecular flexibility index (Phi) is 4.19. The molecule has 1 aromatic heterocycles. The maximum Gasteiger partial charge on any atom is 0.240 e. The number of benzene rings is 1. The van der Waals surface area contributed by atoms with Crippen LogP contribution >= 0.6 is 0 Å². The minimum atomic E-state index is -0.551. The molecule has 2 bridgehead atoms. The summed E-state index contributed by atoms with van der Waals surface area (Å²) in [5, 5.41) is 0. The molecule has 5 atom stereocenters. The van der Waals surface area contributed by atoms with Crippen LogP contribution in [0.4, 0.5) is 0 Å². The second-order valence-electron chi connectivity index (χ2n) is 10.0. The van der Waals surface area contributed by atoms with E-state index in [1.165, 1.54) is 27.9 Å². The Bertz CT molecular complexity index is 1110. The number of methoxy groups -OCH3 is 1. The normalized spacial score (nSPS) is 34.0. The zero-order chi connectivity index (χ0) is 22.4. The summed E-state index contributed by atoms with van der Waals surface area (Å²) in [4.78, 5) is 21.6. The number of aromatic amines is 1. The lowest BCUT2D eigenvalue weighted by Crippen LogP contribution is -2.74. The van der Waals surface area contributed by atoms with E-state index in [4.69, 9.17) is 9.47 Å².